The fraction of sp³-hybridized carbons (Fsp3) is 0.0769. The number of methoxy groups -OCH3 is 1. The lowest BCUT2D eigenvalue weighted by atomic mass is 10.3. The number of halogens is 1. The Balaban J connectivity index is 1.86. The van der Waals surface area contributed by atoms with Crippen LogP contribution in [-0.2, 0) is 0 Å². The molecule has 2 nitrogen and oxygen atoms in total. The van der Waals surface area contributed by atoms with E-state index in [0.717, 1.165) is 15.8 Å². The van der Waals surface area contributed by atoms with E-state index in [1.807, 2.05) is 30.3 Å². The number of rotatable bonds is 2. The third-order valence-electron chi connectivity index (χ3n) is 2.59. The van der Waals surface area contributed by atoms with Gasteiger partial charge in [0.1, 0.15) is 5.75 Å². The van der Waals surface area contributed by atoms with Gasteiger partial charge in [0.2, 0.25) is 0 Å². The monoisotopic (exact) mass is 295 g/mol. The minimum atomic E-state index is 0.828. The number of benzene rings is 1. The molecule has 5 heteroatoms. The van der Waals surface area contributed by atoms with Crippen LogP contribution in [0.2, 0.25) is 4.34 Å². The zero-order chi connectivity index (χ0) is 12.5. The summed E-state index contributed by atoms with van der Waals surface area (Å²) in [5.41, 5.74) is 2.31. The maximum atomic E-state index is 6.02. The van der Waals surface area contributed by atoms with E-state index in [1.54, 1.807) is 30.4 Å². The van der Waals surface area contributed by atoms with E-state index >= 15 is 0 Å². The van der Waals surface area contributed by atoms with E-state index in [1.165, 1.54) is 9.77 Å². The van der Waals surface area contributed by atoms with Crippen LogP contribution in [-0.4, -0.2) is 7.11 Å². The van der Waals surface area contributed by atoms with Crippen molar-refractivity contribution in [2.75, 3.05) is 11.4 Å². The molecule has 3 rings (SSSR count). The molecule has 0 atom stereocenters. The molecule has 0 amide bonds. The molecule has 92 valence electrons. The van der Waals surface area contributed by atoms with Crippen molar-refractivity contribution in [1.29, 1.82) is 0 Å². The maximum Gasteiger partial charge on any atom is 0.119 e. The number of anilines is 1. The number of fused-ring (bicyclic) bond motifs is 1. The van der Waals surface area contributed by atoms with E-state index in [-0.39, 0.29) is 0 Å². The molecule has 0 unspecified atom stereocenters. The van der Waals surface area contributed by atoms with Gasteiger partial charge in [0.15, 0.2) is 0 Å². The fourth-order valence-electron chi connectivity index (χ4n) is 1.68. The molecule has 0 aliphatic carbocycles. The molecule has 18 heavy (non-hydrogen) atoms. The van der Waals surface area contributed by atoms with Gasteiger partial charge in [-0.25, -0.2) is 0 Å². The fourth-order valence-corrected chi connectivity index (χ4v) is 4.19. The first kappa shape index (κ1) is 12.0. The molecule has 1 aromatic heterocycles. The predicted octanol–water partition coefficient (Wildman–Crippen LogP) is 4.91. The summed E-state index contributed by atoms with van der Waals surface area (Å²) in [4.78, 5) is 0. The summed E-state index contributed by atoms with van der Waals surface area (Å²) in [5.74, 6) is 0.865. The highest BCUT2D eigenvalue weighted by atomic mass is 35.5. The number of thiophene rings is 1. The van der Waals surface area contributed by atoms with Crippen molar-refractivity contribution in [2.24, 2.45) is 0 Å². The Morgan fingerprint density at radius 1 is 1.22 bits per heavy atom. The average Bonchev–Trinajstić information content (AvgIpc) is 2.78. The van der Waals surface area contributed by atoms with Gasteiger partial charge in [-0.15, -0.1) is 11.3 Å². The normalized spacial score (nSPS) is 13.6. The van der Waals surface area contributed by atoms with Crippen LogP contribution in [0.25, 0.3) is 6.08 Å². The first-order chi connectivity index (χ1) is 8.76. The lowest BCUT2D eigenvalue weighted by molar-refractivity contribution is 0.415. The highest BCUT2D eigenvalue weighted by Gasteiger charge is 2.16. The second kappa shape index (κ2) is 4.88. The van der Waals surface area contributed by atoms with Crippen molar-refractivity contribution >= 4 is 46.6 Å². The van der Waals surface area contributed by atoms with Crippen molar-refractivity contribution in [2.45, 2.75) is 4.21 Å². The van der Waals surface area contributed by atoms with Crippen LogP contribution in [0.5, 0.6) is 5.75 Å². The minimum absolute atomic E-state index is 0.828. The van der Waals surface area contributed by atoms with E-state index in [2.05, 4.69) is 16.6 Å². The van der Waals surface area contributed by atoms with Crippen LogP contribution >= 0.6 is 34.9 Å². The second-order valence-corrected chi connectivity index (χ2v) is 6.65. The summed E-state index contributed by atoms with van der Waals surface area (Å²) in [6.07, 6.45) is 4.14. The van der Waals surface area contributed by atoms with Crippen molar-refractivity contribution in [3.05, 3.63) is 46.4 Å². The zero-order valence-electron chi connectivity index (χ0n) is 9.59. The zero-order valence-corrected chi connectivity index (χ0v) is 12.0. The van der Waals surface area contributed by atoms with Crippen molar-refractivity contribution in [1.82, 2.24) is 0 Å². The Morgan fingerprint density at radius 3 is 2.72 bits per heavy atom. The van der Waals surface area contributed by atoms with Crippen LogP contribution in [0.15, 0.2) is 40.7 Å². The molecular formula is C13H10ClNOS2. The largest absolute Gasteiger partial charge is 0.497 e. The number of hydrogen-bond donors (Lipinski definition) is 0. The topological polar surface area (TPSA) is 12.5 Å². The van der Waals surface area contributed by atoms with Gasteiger partial charge in [-0.3, -0.25) is 4.31 Å². The summed E-state index contributed by atoms with van der Waals surface area (Å²) in [5, 5.41) is 0. The highest BCUT2D eigenvalue weighted by molar-refractivity contribution is 8.02. The third-order valence-corrected chi connectivity index (χ3v) is 5.07. The predicted molar refractivity (Wildman–Crippen MR) is 79.7 cm³/mol. The minimum Gasteiger partial charge on any atom is -0.497 e. The first-order valence-corrected chi connectivity index (χ1v) is 7.32. The molecular weight excluding hydrogens is 286 g/mol. The summed E-state index contributed by atoms with van der Waals surface area (Å²) in [6.45, 7) is 0. The van der Waals surface area contributed by atoms with E-state index in [0.29, 0.717) is 0 Å². The Bertz CT molecular complexity index is 592. The smallest absolute Gasteiger partial charge is 0.119 e. The van der Waals surface area contributed by atoms with Crippen LogP contribution in [0.4, 0.5) is 5.69 Å². The second-order valence-electron chi connectivity index (χ2n) is 3.72. The van der Waals surface area contributed by atoms with Crippen LogP contribution in [0.1, 0.15) is 5.56 Å². The summed E-state index contributed by atoms with van der Waals surface area (Å²) in [6, 6.07) is 9.99. The van der Waals surface area contributed by atoms with Gasteiger partial charge >= 0.3 is 0 Å². The summed E-state index contributed by atoms with van der Waals surface area (Å²) in [7, 11) is 1.67. The Labute approximate surface area is 119 Å². The van der Waals surface area contributed by atoms with Crippen LogP contribution in [0.3, 0.4) is 0 Å². The van der Waals surface area contributed by atoms with E-state index in [4.69, 9.17) is 16.3 Å². The summed E-state index contributed by atoms with van der Waals surface area (Å²) >= 11 is 9.31. The van der Waals surface area contributed by atoms with Crippen LogP contribution in [0, 0.1) is 0 Å². The Kier molecular flexibility index (Phi) is 3.24. The SMILES string of the molecule is COc1ccc(N2C=Cc3cc(Cl)sc3S2)cc1. The Morgan fingerprint density at radius 2 is 2.00 bits per heavy atom. The van der Waals surface area contributed by atoms with Gasteiger partial charge < -0.3 is 4.74 Å². The lowest BCUT2D eigenvalue weighted by Gasteiger charge is -2.21. The first-order valence-electron chi connectivity index (χ1n) is 5.35. The molecule has 0 bridgehead atoms. The number of ether oxygens (including phenoxy) is 1. The quantitative estimate of drug-likeness (QED) is 0.731. The third kappa shape index (κ3) is 2.23. The average molecular weight is 296 g/mol. The number of nitrogens with zero attached hydrogens (tertiary/aromatic N) is 1. The molecule has 1 aliphatic rings. The Hall–Kier alpha value is -1.10. The van der Waals surface area contributed by atoms with Crippen molar-refractivity contribution < 1.29 is 4.74 Å². The lowest BCUT2D eigenvalue weighted by Crippen LogP contribution is -2.07. The molecule has 1 aliphatic heterocycles. The molecule has 0 fully saturated rings. The number of hydrogen-bond acceptors (Lipinski definition) is 4. The van der Waals surface area contributed by atoms with Crippen LogP contribution < -0.4 is 9.04 Å². The molecule has 0 radical (unpaired) electrons. The van der Waals surface area contributed by atoms with Gasteiger partial charge in [-0.2, -0.15) is 0 Å². The molecule has 2 aromatic rings. The highest BCUT2D eigenvalue weighted by Crippen LogP contribution is 2.42. The van der Waals surface area contributed by atoms with Gasteiger partial charge in [0, 0.05) is 23.7 Å². The van der Waals surface area contributed by atoms with Gasteiger partial charge in [-0.05, 0) is 36.4 Å². The summed E-state index contributed by atoms with van der Waals surface area (Å²) < 4.78 is 9.33. The molecule has 0 spiro atoms. The molecule has 0 saturated carbocycles. The van der Waals surface area contributed by atoms with Gasteiger partial charge in [0.25, 0.3) is 0 Å². The molecule has 1 aromatic carbocycles. The molecule has 2 heterocycles. The molecule has 0 saturated heterocycles. The van der Waals surface area contributed by atoms with Crippen molar-refractivity contribution in [3.8, 4) is 5.75 Å². The van der Waals surface area contributed by atoms with E-state index in [9.17, 15) is 0 Å². The van der Waals surface area contributed by atoms with Gasteiger partial charge in [-0.1, -0.05) is 11.6 Å². The van der Waals surface area contributed by atoms with Gasteiger partial charge in [0.05, 0.1) is 21.3 Å². The van der Waals surface area contributed by atoms with E-state index < -0.39 is 0 Å². The molecule has 0 N–H and O–H groups in total. The standard InChI is InChI=1S/C13H10ClNOS2/c1-16-11-4-2-10(3-5-11)15-7-6-9-8-12(14)17-13(9)18-15/h2-8H,1H3. The maximum absolute atomic E-state index is 6.02. The van der Waals surface area contributed by atoms with Crippen molar-refractivity contribution in [3.63, 3.8) is 0 Å².